The highest BCUT2D eigenvalue weighted by Gasteiger charge is 2.52. The monoisotopic (exact) mass is 348 g/mol. The van der Waals surface area contributed by atoms with Crippen molar-refractivity contribution < 1.29 is 28.2 Å². The van der Waals surface area contributed by atoms with Gasteiger partial charge in [0, 0.05) is 6.42 Å². The average molecular weight is 348 g/mol. The zero-order chi connectivity index (χ0) is 17.3. The number of sulfone groups is 1. The number of hydrogen-bond donors (Lipinski definition) is 4. The van der Waals surface area contributed by atoms with Gasteiger partial charge in [-0.05, 0) is 38.0 Å². The molecule has 23 heavy (non-hydrogen) atoms. The van der Waals surface area contributed by atoms with Crippen molar-refractivity contribution in [3.63, 3.8) is 0 Å². The summed E-state index contributed by atoms with van der Waals surface area (Å²) in [5.41, 5.74) is 3.35. The van der Waals surface area contributed by atoms with Crippen LogP contribution in [0.15, 0.2) is 0 Å². The van der Waals surface area contributed by atoms with Crippen molar-refractivity contribution in [1.82, 2.24) is 5.32 Å². The second kappa shape index (κ2) is 6.74. The minimum Gasteiger partial charge on any atom is -0.390 e. The Morgan fingerprint density at radius 3 is 2.17 bits per heavy atom. The minimum atomic E-state index is -3.32. The standard InChI is InChI=1S/C14H24N2O6S/c15-13(20)14(10(17)2-1-3-11(14)18)16-12(19)6-7-23(21,22)8-9-4-5-9/h9-11,17-18H,1-8H2,(H2,15,20)(H,16,19)/t10-,11?,14?/m1/s1. The molecule has 0 aliphatic heterocycles. The number of carbonyl (C=O) groups is 2. The topological polar surface area (TPSA) is 147 Å². The van der Waals surface area contributed by atoms with E-state index >= 15 is 0 Å². The SMILES string of the molecule is NC(=O)C1(NC(=O)CCS(=O)(=O)CC2CC2)C(O)CCC[C@H]1O. The summed E-state index contributed by atoms with van der Waals surface area (Å²) in [5, 5.41) is 22.4. The van der Waals surface area contributed by atoms with Crippen molar-refractivity contribution in [3.05, 3.63) is 0 Å². The Bertz CT molecular complexity index is 562. The van der Waals surface area contributed by atoms with Crippen LogP contribution in [-0.4, -0.2) is 59.7 Å². The van der Waals surface area contributed by atoms with Crippen molar-refractivity contribution in [3.8, 4) is 0 Å². The van der Waals surface area contributed by atoms with Crippen LogP contribution in [0.1, 0.15) is 38.5 Å². The summed E-state index contributed by atoms with van der Waals surface area (Å²) in [5.74, 6) is -1.79. The van der Waals surface area contributed by atoms with Crippen molar-refractivity contribution in [2.24, 2.45) is 11.7 Å². The molecule has 0 heterocycles. The smallest absolute Gasteiger partial charge is 0.248 e. The lowest BCUT2D eigenvalue weighted by atomic mass is 9.76. The third-order valence-corrected chi connectivity index (χ3v) is 6.39. The predicted molar refractivity (Wildman–Crippen MR) is 81.9 cm³/mol. The molecule has 9 heteroatoms. The molecular weight excluding hydrogens is 324 g/mol. The fourth-order valence-corrected chi connectivity index (χ4v) is 4.72. The maximum Gasteiger partial charge on any atom is 0.248 e. The molecule has 0 saturated heterocycles. The maximum absolute atomic E-state index is 12.1. The van der Waals surface area contributed by atoms with E-state index < -0.39 is 39.4 Å². The fraction of sp³-hybridized carbons (Fsp3) is 0.857. The summed E-state index contributed by atoms with van der Waals surface area (Å²) in [6.07, 6.45) is -0.178. The predicted octanol–water partition coefficient (Wildman–Crippen LogP) is -1.55. The van der Waals surface area contributed by atoms with Crippen LogP contribution in [0.4, 0.5) is 0 Å². The lowest BCUT2D eigenvalue weighted by Crippen LogP contribution is -2.72. The highest BCUT2D eigenvalue weighted by atomic mass is 32.2. The highest BCUT2D eigenvalue weighted by Crippen LogP contribution is 2.31. The van der Waals surface area contributed by atoms with Crippen LogP contribution in [-0.2, 0) is 19.4 Å². The van der Waals surface area contributed by atoms with E-state index in [9.17, 15) is 28.2 Å². The summed E-state index contributed by atoms with van der Waals surface area (Å²) in [6, 6.07) is 0. The van der Waals surface area contributed by atoms with Gasteiger partial charge in [0.15, 0.2) is 15.4 Å². The molecule has 8 nitrogen and oxygen atoms in total. The molecule has 132 valence electrons. The number of nitrogens with one attached hydrogen (secondary N) is 1. The number of nitrogens with two attached hydrogens (primary N) is 1. The van der Waals surface area contributed by atoms with Gasteiger partial charge >= 0.3 is 0 Å². The number of amides is 2. The third kappa shape index (κ3) is 4.21. The second-order valence-corrected chi connectivity index (χ2v) is 8.78. The Labute approximate surface area is 135 Å². The zero-order valence-electron chi connectivity index (χ0n) is 12.9. The highest BCUT2D eigenvalue weighted by molar-refractivity contribution is 7.91. The van der Waals surface area contributed by atoms with Crippen LogP contribution in [0.3, 0.4) is 0 Å². The molecule has 2 fully saturated rings. The van der Waals surface area contributed by atoms with Crippen LogP contribution >= 0.6 is 0 Å². The molecule has 0 aromatic rings. The molecule has 0 aromatic heterocycles. The van der Waals surface area contributed by atoms with Crippen LogP contribution < -0.4 is 11.1 Å². The molecule has 0 aromatic carbocycles. The molecule has 0 bridgehead atoms. The fourth-order valence-electron chi connectivity index (χ4n) is 3.01. The first-order valence-electron chi connectivity index (χ1n) is 7.85. The minimum absolute atomic E-state index is 0.0759. The summed E-state index contributed by atoms with van der Waals surface area (Å²) in [6.45, 7) is 0. The zero-order valence-corrected chi connectivity index (χ0v) is 13.7. The Morgan fingerprint density at radius 2 is 1.70 bits per heavy atom. The first kappa shape index (κ1) is 18.2. The summed E-state index contributed by atoms with van der Waals surface area (Å²) < 4.78 is 23.7. The van der Waals surface area contributed by atoms with E-state index in [1.807, 2.05) is 0 Å². The summed E-state index contributed by atoms with van der Waals surface area (Å²) in [4.78, 5) is 23.8. The summed E-state index contributed by atoms with van der Waals surface area (Å²) in [7, 11) is -3.32. The number of primary amides is 1. The first-order valence-corrected chi connectivity index (χ1v) is 9.67. The molecule has 2 saturated carbocycles. The van der Waals surface area contributed by atoms with Gasteiger partial charge in [0.05, 0.1) is 23.7 Å². The Morgan fingerprint density at radius 1 is 1.13 bits per heavy atom. The van der Waals surface area contributed by atoms with Crippen molar-refractivity contribution >= 4 is 21.7 Å². The molecule has 2 unspecified atom stereocenters. The average Bonchev–Trinajstić information content (AvgIpc) is 3.24. The van der Waals surface area contributed by atoms with Crippen LogP contribution in [0.2, 0.25) is 0 Å². The van der Waals surface area contributed by atoms with E-state index in [0.29, 0.717) is 6.42 Å². The second-order valence-electron chi connectivity index (χ2n) is 6.55. The Hall–Kier alpha value is -1.19. The first-order chi connectivity index (χ1) is 10.7. The van der Waals surface area contributed by atoms with Gasteiger partial charge < -0.3 is 21.3 Å². The van der Waals surface area contributed by atoms with Gasteiger partial charge in [-0.25, -0.2) is 8.42 Å². The van der Waals surface area contributed by atoms with Gasteiger partial charge in [0.1, 0.15) is 0 Å². The van der Waals surface area contributed by atoms with E-state index in [4.69, 9.17) is 5.73 Å². The van der Waals surface area contributed by atoms with Gasteiger partial charge in [-0.3, -0.25) is 9.59 Å². The molecular formula is C14H24N2O6S. The Balaban J connectivity index is 1.99. The van der Waals surface area contributed by atoms with Crippen molar-refractivity contribution in [1.29, 1.82) is 0 Å². The van der Waals surface area contributed by atoms with Crippen molar-refractivity contribution in [2.75, 3.05) is 11.5 Å². The quantitative estimate of drug-likeness (QED) is 0.438. The largest absolute Gasteiger partial charge is 0.390 e. The normalized spacial score (nSPS) is 31.6. The van der Waals surface area contributed by atoms with Crippen LogP contribution in [0.25, 0.3) is 0 Å². The molecule has 0 radical (unpaired) electrons. The van der Waals surface area contributed by atoms with Crippen LogP contribution in [0.5, 0.6) is 0 Å². The third-order valence-electron chi connectivity index (χ3n) is 4.59. The van der Waals surface area contributed by atoms with E-state index in [0.717, 1.165) is 12.8 Å². The van der Waals surface area contributed by atoms with E-state index in [2.05, 4.69) is 5.32 Å². The molecule has 2 aliphatic rings. The maximum atomic E-state index is 12.1. The van der Waals surface area contributed by atoms with Gasteiger partial charge in [-0.15, -0.1) is 0 Å². The molecule has 2 aliphatic carbocycles. The number of carbonyl (C=O) groups excluding carboxylic acids is 2. The van der Waals surface area contributed by atoms with Gasteiger partial charge in [0.25, 0.3) is 0 Å². The van der Waals surface area contributed by atoms with E-state index in [1.165, 1.54) is 0 Å². The lowest BCUT2D eigenvalue weighted by Gasteiger charge is -2.42. The molecule has 2 rings (SSSR count). The van der Waals surface area contributed by atoms with Crippen LogP contribution in [0, 0.1) is 5.92 Å². The molecule has 2 amide bonds. The summed E-state index contributed by atoms with van der Waals surface area (Å²) >= 11 is 0. The number of aliphatic hydroxyl groups excluding tert-OH is 2. The van der Waals surface area contributed by atoms with Gasteiger partial charge in [-0.2, -0.15) is 0 Å². The molecule has 3 atom stereocenters. The van der Waals surface area contributed by atoms with Gasteiger partial charge in [-0.1, -0.05) is 0 Å². The number of rotatable bonds is 7. The molecule has 0 spiro atoms. The molecule has 5 N–H and O–H groups in total. The van der Waals surface area contributed by atoms with Crippen molar-refractivity contribution in [2.45, 2.75) is 56.3 Å². The number of hydrogen-bond acceptors (Lipinski definition) is 6. The lowest BCUT2D eigenvalue weighted by molar-refractivity contribution is -0.148. The van der Waals surface area contributed by atoms with E-state index in [-0.39, 0.29) is 36.7 Å². The van der Waals surface area contributed by atoms with Gasteiger partial charge in [0.2, 0.25) is 11.8 Å². The Kier molecular flexibility index (Phi) is 5.32. The van der Waals surface area contributed by atoms with E-state index in [1.54, 1.807) is 0 Å². The number of aliphatic hydroxyl groups is 2.